The van der Waals surface area contributed by atoms with Gasteiger partial charge in [0.05, 0.1) is 29.5 Å². The van der Waals surface area contributed by atoms with E-state index in [9.17, 15) is 14.4 Å². The number of unbranched alkanes of at least 4 members (excludes halogenated alkanes) is 6. The first-order valence-electron chi connectivity index (χ1n) is 16.4. The maximum atomic E-state index is 13.8. The lowest BCUT2D eigenvalue weighted by atomic mass is 9.80. The van der Waals surface area contributed by atoms with Crippen molar-refractivity contribution in [3.8, 4) is 0 Å². The second-order valence-corrected chi connectivity index (χ2v) is 14.5. The zero-order valence-electron chi connectivity index (χ0n) is 27.3. The number of halogens is 3. The molecule has 1 N–H and O–H groups in total. The lowest BCUT2D eigenvalue weighted by Gasteiger charge is -2.38. The fraction of sp³-hybridized carbons (Fsp3) is 0.588. The molecule has 47 heavy (non-hydrogen) atoms. The number of ether oxygens (including phenoxy) is 2. The number of rotatable bonds is 18. The summed E-state index contributed by atoms with van der Waals surface area (Å²) >= 11 is 21.2. The molecule has 258 valence electrons. The normalized spacial score (nSPS) is 22.3. The summed E-state index contributed by atoms with van der Waals surface area (Å²) in [6.07, 6.45) is 16.9. The third-order valence-corrected chi connectivity index (χ3v) is 10.5. The minimum atomic E-state index is -1.27. The van der Waals surface area contributed by atoms with Crippen LogP contribution in [0.1, 0.15) is 90.0 Å². The van der Waals surface area contributed by atoms with E-state index in [1.54, 1.807) is 37.5 Å². The van der Waals surface area contributed by atoms with Crippen LogP contribution in [0.15, 0.2) is 41.0 Å². The summed E-state index contributed by atoms with van der Waals surface area (Å²) in [6.45, 7) is 4.22. The molecule has 0 saturated carbocycles. The lowest BCUT2D eigenvalue weighted by molar-refractivity contribution is -0.146. The molecule has 0 aromatic heterocycles. The van der Waals surface area contributed by atoms with Crippen LogP contribution in [0.2, 0.25) is 15.1 Å². The van der Waals surface area contributed by atoms with Gasteiger partial charge in [0, 0.05) is 39.7 Å². The van der Waals surface area contributed by atoms with Gasteiger partial charge in [-0.3, -0.25) is 9.59 Å². The topological polar surface area (TPSA) is 101 Å². The number of hydrogen-bond acceptors (Lipinski definition) is 8. The van der Waals surface area contributed by atoms with Crippen LogP contribution in [0.4, 0.5) is 0 Å². The van der Waals surface area contributed by atoms with Crippen molar-refractivity contribution in [2.75, 3.05) is 18.7 Å². The number of hydrazone groups is 1. The summed E-state index contributed by atoms with van der Waals surface area (Å²) < 4.78 is 11.6. The first-order valence-corrected chi connectivity index (χ1v) is 18.7. The van der Waals surface area contributed by atoms with Crippen LogP contribution in [-0.2, 0) is 29.4 Å². The number of nitrogens with one attached hydrogen (secondary N) is 1. The van der Waals surface area contributed by atoms with Crippen LogP contribution in [-0.4, -0.2) is 71.0 Å². The number of nitrogens with zero attached hydrogens (tertiary/aromatic N) is 3. The van der Waals surface area contributed by atoms with Gasteiger partial charge in [-0.1, -0.05) is 98.5 Å². The molecule has 2 heterocycles. The van der Waals surface area contributed by atoms with E-state index in [-0.39, 0.29) is 34.6 Å². The predicted molar refractivity (Wildman–Crippen MR) is 190 cm³/mol. The van der Waals surface area contributed by atoms with Crippen molar-refractivity contribution in [3.63, 3.8) is 0 Å². The van der Waals surface area contributed by atoms with Crippen molar-refractivity contribution in [3.05, 3.63) is 56.6 Å². The van der Waals surface area contributed by atoms with Crippen LogP contribution in [0, 0.1) is 0 Å². The second kappa shape index (κ2) is 18.1. The van der Waals surface area contributed by atoms with Gasteiger partial charge in [0.2, 0.25) is 5.91 Å². The molecule has 4 unspecified atom stereocenters. The number of carbonyl (C=O) groups is 3. The highest BCUT2D eigenvalue weighted by Crippen LogP contribution is 2.43. The molecular formula is C34H45Cl3N4O5S. The number of methoxy groups -OCH3 is 1. The number of benzene rings is 1. The highest BCUT2D eigenvalue weighted by Gasteiger charge is 2.45. The van der Waals surface area contributed by atoms with Crippen LogP contribution in [0.3, 0.4) is 0 Å². The Kier molecular flexibility index (Phi) is 14.5. The highest BCUT2D eigenvalue weighted by molar-refractivity contribution is 8.00. The second-order valence-electron chi connectivity index (χ2n) is 12.3. The van der Waals surface area contributed by atoms with Crippen molar-refractivity contribution in [2.45, 2.75) is 108 Å². The summed E-state index contributed by atoms with van der Waals surface area (Å²) in [5.74, 6) is -0.300. The van der Waals surface area contributed by atoms with Gasteiger partial charge in [-0.2, -0.15) is 15.6 Å². The Morgan fingerprint density at radius 2 is 1.79 bits per heavy atom. The number of carbonyl (C=O) groups excluding carboxylic acids is 3. The Morgan fingerprint density at radius 1 is 1.09 bits per heavy atom. The molecular weight excluding hydrogens is 683 g/mol. The van der Waals surface area contributed by atoms with Crippen LogP contribution in [0.5, 0.6) is 0 Å². The van der Waals surface area contributed by atoms with Crippen molar-refractivity contribution in [1.82, 2.24) is 15.4 Å². The molecule has 2 aliphatic heterocycles. The number of allylic oxidation sites excluding steroid dienone is 2. The summed E-state index contributed by atoms with van der Waals surface area (Å²) in [7, 11) is 1.68. The van der Waals surface area contributed by atoms with Crippen molar-refractivity contribution in [1.29, 1.82) is 0 Å². The molecule has 1 aromatic carbocycles. The number of amides is 2. The molecule has 0 spiro atoms. The molecule has 1 saturated heterocycles. The monoisotopic (exact) mass is 726 g/mol. The zero-order valence-corrected chi connectivity index (χ0v) is 30.4. The molecule has 13 heteroatoms. The largest absolute Gasteiger partial charge is 0.459 e. The molecule has 9 nitrogen and oxygen atoms in total. The average Bonchev–Trinajstić information content (AvgIpc) is 3.62. The minimum absolute atomic E-state index is 0.0462. The van der Waals surface area contributed by atoms with Crippen molar-refractivity contribution >= 4 is 70.6 Å². The summed E-state index contributed by atoms with van der Waals surface area (Å²) in [4.78, 5) is 41.2. The van der Waals surface area contributed by atoms with Gasteiger partial charge in [0.1, 0.15) is 6.10 Å². The van der Waals surface area contributed by atoms with Gasteiger partial charge in [-0.25, -0.2) is 4.79 Å². The van der Waals surface area contributed by atoms with E-state index in [0.717, 1.165) is 30.8 Å². The Bertz CT molecular complexity index is 1350. The van der Waals surface area contributed by atoms with Gasteiger partial charge >= 0.3 is 5.97 Å². The maximum absolute atomic E-state index is 13.8. The van der Waals surface area contributed by atoms with Gasteiger partial charge in [0.15, 0.2) is 6.04 Å². The van der Waals surface area contributed by atoms with Crippen molar-refractivity contribution < 1.29 is 23.9 Å². The lowest BCUT2D eigenvalue weighted by Crippen LogP contribution is -2.55. The Hall–Kier alpha value is -2.08. The molecule has 4 atom stereocenters. The number of hydrazine groups is 1. The molecule has 1 fully saturated rings. The predicted octanol–water partition coefficient (Wildman–Crippen LogP) is 7.83. The standard InChI is InChI=1S/C34H45Cl3N4O5S/c1-4-5-6-7-8-9-10-13-26(15-14-23(2)45-3)46-33(44)24-12-11-16-34(19-24,31-27(36)17-25(35)18-28(31)37)39-41-32(43)29(20-38-41)40-22-47-21-30(40)42/h11-12,16-18,20,23,26,29,39H,4-10,13-15,19,21-22H2,1-3H3. The molecule has 3 aliphatic rings. The minimum Gasteiger partial charge on any atom is -0.459 e. The molecule has 1 aromatic rings. The Balaban J connectivity index is 1.52. The van der Waals surface area contributed by atoms with Crippen molar-refractivity contribution in [2.24, 2.45) is 5.10 Å². The third kappa shape index (κ3) is 9.98. The van der Waals surface area contributed by atoms with Gasteiger partial charge in [0.25, 0.3) is 5.91 Å². The van der Waals surface area contributed by atoms with Gasteiger partial charge < -0.3 is 14.4 Å². The van der Waals surface area contributed by atoms with Crippen LogP contribution >= 0.6 is 46.6 Å². The van der Waals surface area contributed by atoms with E-state index in [4.69, 9.17) is 44.3 Å². The SMILES string of the molecule is CCCCCCCCCC(CCC(C)OC)OC(=O)C1=CC=CC(NN2N=CC(N3CSCC3=O)C2=O)(c2c(Cl)cc(Cl)cc2Cl)C1. The molecule has 1 aliphatic carbocycles. The molecule has 0 bridgehead atoms. The number of hydrogen-bond donors (Lipinski definition) is 1. The van der Waals surface area contributed by atoms with E-state index in [1.165, 1.54) is 55.0 Å². The molecule has 4 rings (SSSR count). The molecule has 2 amide bonds. The smallest absolute Gasteiger partial charge is 0.334 e. The summed E-state index contributed by atoms with van der Waals surface area (Å²) in [6, 6.07) is 2.28. The van der Waals surface area contributed by atoms with E-state index >= 15 is 0 Å². The number of esters is 1. The molecule has 0 radical (unpaired) electrons. The highest BCUT2D eigenvalue weighted by atomic mass is 35.5. The first-order chi connectivity index (χ1) is 22.6. The average molecular weight is 728 g/mol. The van der Waals surface area contributed by atoms with Crippen LogP contribution < -0.4 is 5.43 Å². The first kappa shape index (κ1) is 37.7. The van der Waals surface area contributed by atoms with Gasteiger partial charge in [-0.05, 0) is 44.7 Å². The number of thioether (sulfide) groups is 1. The third-order valence-electron chi connectivity index (χ3n) is 8.77. The van der Waals surface area contributed by atoms with E-state index < -0.39 is 23.5 Å². The quantitative estimate of drug-likeness (QED) is 0.122. The van der Waals surface area contributed by atoms with E-state index in [2.05, 4.69) is 17.5 Å². The van der Waals surface area contributed by atoms with Gasteiger partial charge in [-0.15, -0.1) is 11.8 Å². The summed E-state index contributed by atoms with van der Waals surface area (Å²) in [5.41, 5.74) is 2.72. The van der Waals surface area contributed by atoms with E-state index in [0.29, 0.717) is 34.2 Å². The van der Waals surface area contributed by atoms with E-state index in [1.807, 2.05) is 6.92 Å². The zero-order chi connectivity index (χ0) is 34.0. The Labute approximate surface area is 297 Å². The fourth-order valence-corrected chi connectivity index (χ4v) is 8.09. The van der Waals surface area contributed by atoms with Crippen LogP contribution in [0.25, 0.3) is 0 Å². The maximum Gasteiger partial charge on any atom is 0.334 e. The Morgan fingerprint density at radius 3 is 2.45 bits per heavy atom. The summed E-state index contributed by atoms with van der Waals surface area (Å²) in [5, 5.41) is 6.23. The fourth-order valence-electron chi connectivity index (χ4n) is 6.00.